The minimum absolute atomic E-state index is 0.261. The van der Waals surface area contributed by atoms with Crippen LogP contribution in [0.15, 0.2) is 53.1 Å². The highest BCUT2D eigenvalue weighted by Gasteiger charge is 2.15. The number of hydrogen-bond donors (Lipinski definition) is 1. The molecule has 0 radical (unpaired) electrons. The number of benzene rings is 1. The average Bonchev–Trinajstić information content (AvgIpc) is 2.91. The summed E-state index contributed by atoms with van der Waals surface area (Å²) >= 11 is 0. The van der Waals surface area contributed by atoms with Crippen molar-refractivity contribution in [1.82, 2.24) is 4.98 Å². The van der Waals surface area contributed by atoms with Crippen molar-refractivity contribution in [3.8, 4) is 0 Å². The molecular formula is C14H10N2O2. The fraction of sp³-hybridized carbons (Fsp3) is 0. The zero-order chi connectivity index (χ0) is 12.5. The van der Waals surface area contributed by atoms with E-state index < -0.39 is 0 Å². The number of para-hydroxylation sites is 1. The molecule has 2 heterocycles. The number of furan rings is 1. The topological polar surface area (TPSA) is 69.1 Å². The fourth-order valence-corrected chi connectivity index (χ4v) is 1.85. The summed E-state index contributed by atoms with van der Waals surface area (Å²) in [5.74, 6) is -0.00497. The summed E-state index contributed by atoms with van der Waals surface area (Å²) in [6.45, 7) is 0. The second kappa shape index (κ2) is 4.00. The van der Waals surface area contributed by atoms with Gasteiger partial charge in [-0.1, -0.05) is 18.2 Å². The molecule has 0 aliphatic carbocycles. The standard InChI is InChI=1S/C14H10N2O2/c15-10-8-12(14(17)13-6-3-7-18-13)16-11-5-2-1-4-9(10)11/h1-8H,(H2,15,16). The summed E-state index contributed by atoms with van der Waals surface area (Å²) < 4.78 is 5.07. The number of pyridine rings is 1. The Morgan fingerprint density at radius 2 is 2.00 bits per heavy atom. The van der Waals surface area contributed by atoms with Gasteiger partial charge in [0.15, 0.2) is 5.76 Å². The molecule has 2 N–H and O–H groups in total. The Balaban J connectivity index is 2.16. The largest absolute Gasteiger partial charge is 0.461 e. The molecule has 0 spiro atoms. The number of fused-ring (bicyclic) bond motifs is 1. The minimum Gasteiger partial charge on any atom is -0.461 e. The normalized spacial score (nSPS) is 10.7. The molecule has 0 amide bonds. The van der Waals surface area contributed by atoms with Gasteiger partial charge in [-0.3, -0.25) is 4.79 Å². The minimum atomic E-state index is -0.266. The molecule has 1 aromatic carbocycles. The first-order chi connectivity index (χ1) is 8.75. The van der Waals surface area contributed by atoms with Crippen LogP contribution in [0.1, 0.15) is 16.2 Å². The van der Waals surface area contributed by atoms with Crippen LogP contribution in [0, 0.1) is 0 Å². The number of hydrogen-bond acceptors (Lipinski definition) is 4. The first-order valence-electron chi connectivity index (χ1n) is 5.49. The summed E-state index contributed by atoms with van der Waals surface area (Å²) in [7, 11) is 0. The number of rotatable bonds is 2. The van der Waals surface area contributed by atoms with Crippen molar-refractivity contribution in [3.05, 3.63) is 60.2 Å². The van der Waals surface area contributed by atoms with Crippen molar-refractivity contribution in [2.45, 2.75) is 0 Å². The van der Waals surface area contributed by atoms with Crippen molar-refractivity contribution >= 4 is 22.4 Å². The third-order valence-electron chi connectivity index (χ3n) is 2.73. The van der Waals surface area contributed by atoms with Crippen LogP contribution in [0.2, 0.25) is 0 Å². The highest BCUT2D eigenvalue weighted by molar-refractivity contribution is 6.08. The van der Waals surface area contributed by atoms with E-state index in [4.69, 9.17) is 10.2 Å². The van der Waals surface area contributed by atoms with E-state index in [2.05, 4.69) is 4.98 Å². The van der Waals surface area contributed by atoms with Crippen LogP contribution in [0.3, 0.4) is 0 Å². The van der Waals surface area contributed by atoms with Gasteiger partial charge in [-0.05, 0) is 24.3 Å². The Morgan fingerprint density at radius 3 is 2.78 bits per heavy atom. The van der Waals surface area contributed by atoms with Crippen molar-refractivity contribution in [2.75, 3.05) is 5.73 Å². The molecule has 2 aromatic heterocycles. The second-order valence-corrected chi connectivity index (χ2v) is 3.92. The molecule has 18 heavy (non-hydrogen) atoms. The number of aromatic nitrogens is 1. The van der Waals surface area contributed by atoms with Gasteiger partial charge in [0, 0.05) is 11.1 Å². The van der Waals surface area contributed by atoms with E-state index in [1.165, 1.54) is 6.26 Å². The zero-order valence-corrected chi connectivity index (χ0v) is 9.46. The maximum atomic E-state index is 12.1. The first kappa shape index (κ1) is 10.5. The summed E-state index contributed by atoms with van der Waals surface area (Å²) in [5, 5.41) is 0.841. The van der Waals surface area contributed by atoms with Gasteiger partial charge < -0.3 is 10.2 Å². The Bertz CT molecular complexity index is 718. The van der Waals surface area contributed by atoms with Gasteiger partial charge in [0.1, 0.15) is 5.69 Å². The molecule has 0 aliphatic heterocycles. The molecule has 3 aromatic rings. The third-order valence-corrected chi connectivity index (χ3v) is 2.73. The molecule has 3 rings (SSSR count). The molecule has 4 heteroatoms. The van der Waals surface area contributed by atoms with E-state index in [1.807, 2.05) is 24.3 Å². The predicted octanol–water partition coefficient (Wildman–Crippen LogP) is 2.64. The average molecular weight is 238 g/mol. The Hall–Kier alpha value is -2.62. The highest BCUT2D eigenvalue weighted by Crippen LogP contribution is 2.21. The molecule has 0 fully saturated rings. The summed E-state index contributed by atoms with van der Waals surface area (Å²) in [4.78, 5) is 16.4. The van der Waals surface area contributed by atoms with Crippen LogP contribution in [0.5, 0.6) is 0 Å². The van der Waals surface area contributed by atoms with Gasteiger partial charge in [0.25, 0.3) is 0 Å². The van der Waals surface area contributed by atoms with Crippen LogP contribution < -0.4 is 5.73 Å². The van der Waals surface area contributed by atoms with Gasteiger partial charge in [0.2, 0.25) is 5.78 Å². The molecule has 0 saturated heterocycles. The van der Waals surface area contributed by atoms with Gasteiger partial charge >= 0.3 is 0 Å². The van der Waals surface area contributed by atoms with Crippen LogP contribution >= 0.6 is 0 Å². The molecule has 0 unspecified atom stereocenters. The Kier molecular flexibility index (Phi) is 2.34. The maximum Gasteiger partial charge on any atom is 0.246 e. The third kappa shape index (κ3) is 1.64. The summed E-state index contributed by atoms with van der Waals surface area (Å²) in [6.07, 6.45) is 1.46. The van der Waals surface area contributed by atoms with E-state index in [1.54, 1.807) is 18.2 Å². The number of nitrogen functional groups attached to an aromatic ring is 1. The van der Waals surface area contributed by atoms with E-state index >= 15 is 0 Å². The Labute approximate surface area is 103 Å². The van der Waals surface area contributed by atoms with Gasteiger partial charge in [-0.25, -0.2) is 4.98 Å². The van der Waals surface area contributed by atoms with E-state index in [0.29, 0.717) is 16.9 Å². The number of carbonyl (C=O) groups excluding carboxylic acids is 1. The highest BCUT2D eigenvalue weighted by atomic mass is 16.3. The monoisotopic (exact) mass is 238 g/mol. The van der Waals surface area contributed by atoms with Crippen molar-refractivity contribution in [1.29, 1.82) is 0 Å². The lowest BCUT2D eigenvalue weighted by Crippen LogP contribution is -2.04. The number of nitrogens with two attached hydrogens (primary N) is 1. The molecule has 0 bridgehead atoms. The molecule has 88 valence electrons. The lowest BCUT2D eigenvalue weighted by molar-refractivity contribution is 0.100. The smallest absolute Gasteiger partial charge is 0.246 e. The van der Waals surface area contributed by atoms with E-state index in [-0.39, 0.29) is 11.5 Å². The maximum absolute atomic E-state index is 12.1. The van der Waals surface area contributed by atoms with Gasteiger partial charge in [-0.2, -0.15) is 0 Å². The number of carbonyl (C=O) groups is 1. The van der Waals surface area contributed by atoms with Crippen molar-refractivity contribution < 1.29 is 9.21 Å². The molecule has 0 atom stereocenters. The number of ketones is 1. The molecule has 0 aliphatic rings. The predicted molar refractivity (Wildman–Crippen MR) is 68.3 cm³/mol. The summed E-state index contributed by atoms with van der Waals surface area (Å²) in [6, 6.07) is 12.3. The van der Waals surface area contributed by atoms with Crippen LogP contribution in [0.25, 0.3) is 10.9 Å². The van der Waals surface area contributed by atoms with Crippen LogP contribution in [0.4, 0.5) is 5.69 Å². The van der Waals surface area contributed by atoms with Gasteiger partial charge in [-0.15, -0.1) is 0 Å². The molecular weight excluding hydrogens is 228 g/mol. The fourth-order valence-electron chi connectivity index (χ4n) is 1.85. The van der Waals surface area contributed by atoms with Crippen LogP contribution in [-0.4, -0.2) is 10.8 Å². The van der Waals surface area contributed by atoms with Gasteiger partial charge in [0.05, 0.1) is 11.8 Å². The first-order valence-corrected chi connectivity index (χ1v) is 5.49. The van der Waals surface area contributed by atoms with Crippen molar-refractivity contribution in [2.24, 2.45) is 0 Å². The molecule has 0 saturated carbocycles. The molecule has 4 nitrogen and oxygen atoms in total. The zero-order valence-electron chi connectivity index (χ0n) is 9.46. The quantitative estimate of drug-likeness (QED) is 0.697. The van der Waals surface area contributed by atoms with Crippen molar-refractivity contribution in [3.63, 3.8) is 0 Å². The van der Waals surface area contributed by atoms with E-state index in [9.17, 15) is 4.79 Å². The van der Waals surface area contributed by atoms with Crippen LogP contribution in [-0.2, 0) is 0 Å². The second-order valence-electron chi connectivity index (χ2n) is 3.92. The number of anilines is 1. The lowest BCUT2D eigenvalue weighted by atomic mass is 10.1. The lowest BCUT2D eigenvalue weighted by Gasteiger charge is -2.04. The number of nitrogens with zero attached hydrogens (tertiary/aromatic N) is 1. The SMILES string of the molecule is Nc1cc(C(=O)c2ccco2)nc2ccccc12. The summed E-state index contributed by atoms with van der Waals surface area (Å²) in [5.41, 5.74) is 7.46. The van der Waals surface area contributed by atoms with E-state index in [0.717, 1.165) is 5.39 Å². The Morgan fingerprint density at radius 1 is 1.17 bits per heavy atom.